The molecule has 2 aromatic heterocycles. The average molecular weight is 294 g/mol. The van der Waals surface area contributed by atoms with E-state index >= 15 is 0 Å². The summed E-state index contributed by atoms with van der Waals surface area (Å²) in [4.78, 5) is 7.71. The van der Waals surface area contributed by atoms with Crippen molar-refractivity contribution in [1.29, 1.82) is 0 Å². The van der Waals surface area contributed by atoms with Gasteiger partial charge in [0.05, 0.1) is 12.4 Å². The van der Waals surface area contributed by atoms with Crippen LogP contribution in [0.1, 0.15) is 11.5 Å². The monoisotopic (exact) mass is 294 g/mol. The van der Waals surface area contributed by atoms with Gasteiger partial charge in [-0.25, -0.2) is 13.4 Å². The van der Waals surface area contributed by atoms with Crippen molar-refractivity contribution >= 4 is 22.2 Å². The van der Waals surface area contributed by atoms with Gasteiger partial charge in [-0.1, -0.05) is 0 Å². The molecule has 2 rings (SSSR count). The van der Waals surface area contributed by atoms with Crippen LogP contribution >= 0.6 is 0 Å². The lowest BCUT2D eigenvalue weighted by atomic mass is 10.4. The average Bonchev–Trinajstić information content (AvgIpc) is 2.88. The summed E-state index contributed by atoms with van der Waals surface area (Å²) in [7, 11) is -4.62. The second kappa shape index (κ2) is 5.59. The Morgan fingerprint density at radius 3 is 2.80 bits per heavy atom. The zero-order valence-corrected chi connectivity index (χ0v) is 10.7. The number of hydrogen-bond donors (Lipinski definition) is 1. The molecule has 0 aliphatic rings. The normalized spacial score (nSPS) is 12.9. The third-order valence-corrected chi connectivity index (χ3v) is 2.74. The van der Waals surface area contributed by atoms with Crippen LogP contribution in [0.4, 0.5) is 0 Å². The fourth-order valence-electron chi connectivity index (χ4n) is 1.17. The predicted octanol–water partition coefficient (Wildman–Crippen LogP) is -0.287. The maximum atomic E-state index is 10.7. The molecule has 2 heterocycles. The summed E-state index contributed by atoms with van der Waals surface area (Å²) in [5.41, 5.74) is 5.93. The van der Waals surface area contributed by atoms with Crippen molar-refractivity contribution in [1.82, 2.24) is 9.97 Å². The lowest BCUT2D eigenvalue weighted by Crippen LogP contribution is -2.14. The first kappa shape index (κ1) is 13.8. The van der Waals surface area contributed by atoms with Crippen molar-refractivity contribution < 1.29 is 17.4 Å². The maximum Gasteiger partial charge on any atom is 0.206 e. The van der Waals surface area contributed by atoms with E-state index in [2.05, 4.69) is 20.2 Å². The van der Waals surface area contributed by atoms with E-state index in [1.807, 2.05) is 0 Å². The molecule has 0 aromatic carbocycles. The molecule has 0 atom stereocenters. The summed E-state index contributed by atoms with van der Waals surface area (Å²) < 4.78 is 36.7. The van der Waals surface area contributed by atoms with Crippen LogP contribution in [0.15, 0.2) is 50.4 Å². The van der Waals surface area contributed by atoms with E-state index in [-0.39, 0.29) is 11.6 Å². The lowest BCUT2D eigenvalue weighted by Gasteiger charge is -2.00. The SMILES string of the molecule is N/C(=N\N=C\c1ccc(S(=O)(=O)[O-])o1)c1cnccn1. The molecule has 0 bridgehead atoms. The molecule has 0 radical (unpaired) electrons. The molecule has 0 saturated carbocycles. The van der Waals surface area contributed by atoms with Gasteiger partial charge >= 0.3 is 0 Å². The van der Waals surface area contributed by atoms with Gasteiger partial charge < -0.3 is 14.7 Å². The molecule has 0 aliphatic heterocycles. The Balaban J connectivity index is 2.13. The van der Waals surface area contributed by atoms with Crippen molar-refractivity contribution in [2.75, 3.05) is 0 Å². The van der Waals surface area contributed by atoms with Gasteiger partial charge in [-0.3, -0.25) is 4.98 Å². The van der Waals surface area contributed by atoms with Gasteiger partial charge in [0.2, 0.25) is 5.09 Å². The van der Waals surface area contributed by atoms with E-state index in [1.165, 1.54) is 24.7 Å². The van der Waals surface area contributed by atoms with Crippen LogP contribution in [0.5, 0.6) is 0 Å². The smallest absolute Gasteiger partial charge is 0.206 e. The number of aromatic nitrogens is 2. The summed E-state index contributed by atoms with van der Waals surface area (Å²) in [5, 5.41) is 6.54. The van der Waals surface area contributed by atoms with Crippen molar-refractivity contribution in [2.45, 2.75) is 5.09 Å². The number of furan rings is 1. The zero-order chi connectivity index (χ0) is 14.6. The molecule has 0 spiro atoms. The summed E-state index contributed by atoms with van der Waals surface area (Å²) in [6.07, 6.45) is 5.44. The van der Waals surface area contributed by atoms with Gasteiger partial charge in [0.1, 0.15) is 11.5 Å². The van der Waals surface area contributed by atoms with Gasteiger partial charge in [0.25, 0.3) is 0 Å². The molecule has 2 N–H and O–H groups in total. The zero-order valence-electron chi connectivity index (χ0n) is 9.87. The highest BCUT2D eigenvalue weighted by Crippen LogP contribution is 2.11. The summed E-state index contributed by atoms with van der Waals surface area (Å²) in [6.45, 7) is 0. The van der Waals surface area contributed by atoms with E-state index in [1.54, 1.807) is 0 Å². The number of nitrogens with two attached hydrogens (primary N) is 1. The summed E-state index contributed by atoms with van der Waals surface area (Å²) >= 11 is 0. The van der Waals surface area contributed by atoms with E-state index in [4.69, 9.17) is 10.2 Å². The Bertz CT molecular complexity index is 751. The largest absolute Gasteiger partial charge is 0.742 e. The lowest BCUT2D eigenvalue weighted by molar-refractivity contribution is 0.395. The van der Waals surface area contributed by atoms with Gasteiger partial charge in [-0.15, -0.1) is 5.10 Å². The molecular weight excluding hydrogens is 286 g/mol. The Labute approximate surface area is 113 Å². The topological polar surface area (TPSA) is 147 Å². The minimum atomic E-state index is -4.62. The standard InChI is InChI=1S/C10H9N5O4S/c11-10(8-6-12-3-4-13-8)15-14-5-7-1-2-9(19-7)20(16,17)18/h1-6H,(H2,11,15)(H,16,17,18)/p-1/b14-5+. The second-order valence-electron chi connectivity index (χ2n) is 3.43. The number of nitrogens with zero attached hydrogens (tertiary/aromatic N) is 4. The maximum absolute atomic E-state index is 10.7. The molecule has 10 heteroatoms. The Kier molecular flexibility index (Phi) is 3.86. The molecule has 2 aromatic rings. The summed E-state index contributed by atoms with van der Waals surface area (Å²) in [5.74, 6) is 0.0766. The van der Waals surface area contributed by atoms with Crippen LogP contribution in [0.3, 0.4) is 0 Å². The minimum absolute atomic E-state index is 0.0255. The van der Waals surface area contributed by atoms with Crippen LogP contribution in [-0.2, 0) is 10.1 Å². The predicted molar refractivity (Wildman–Crippen MR) is 67.0 cm³/mol. The Morgan fingerprint density at radius 1 is 1.40 bits per heavy atom. The number of hydrogen-bond acceptors (Lipinski definition) is 8. The van der Waals surface area contributed by atoms with Gasteiger partial charge in [0, 0.05) is 12.4 Å². The molecule has 104 valence electrons. The third-order valence-electron chi connectivity index (χ3n) is 2.02. The van der Waals surface area contributed by atoms with Crippen molar-refractivity contribution in [2.24, 2.45) is 15.9 Å². The van der Waals surface area contributed by atoms with Gasteiger partial charge in [-0.05, 0) is 12.1 Å². The molecule has 0 unspecified atom stereocenters. The molecule has 0 saturated heterocycles. The molecule has 9 nitrogen and oxygen atoms in total. The van der Waals surface area contributed by atoms with E-state index in [0.29, 0.717) is 5.69 Å². The Morgan fingerprint density at radius 2 is 2.20 bits per heavy atom. The third kappa shape index (κ3) is 3.46. The second-order valence-corrected chi connectivity index (χ2v) is 4.74. The first-order chi connectivity index (χ1) is 9.47. The van der Waals surface area contributed by atoms with E-state index in [9.17, 15) is 13.0 Å². The van der Waals surface area contributed by atoms with E-state index < -0.39 is 15.2 Å². The molecule has 0 aliphatic carbocycles. The highest BCUT2D eigenvalue weighted by Gasteiger charge is 2.06. The van der Waals surface area contributed by atoms with Crippen LogP contribution in [0.2, 0.25) is 0 Å². The first-order valence-corrected chi connectivity index (χ1v) is 6.56. The van der Waals surface area contributed by atoms with Crippen LogP contribution < -0.4 is 5.73 Å². The Hall–Kier alpha value is -2.59. The molecular formula is C10H8N5O4S-. The molecule has 0 amide bonds. The first-order valence-electron chi connectivity index (χ1n) is 5.15. The number of rotatable bonds is 4. The van der Waals surface area contributed by atoms with E-state index in [0.717, 1.165) is 12.3 Å². The van der Waals surface area contributed by atoms with Crippen LogP contribution in [0, 0.1) is 0 Å². The molecule has 0 fully saturated rings. The van der Waals surface area contributed by atoms with Crippen LogP contribution in [-0.4, -0.2) is 35.0 Å². The summed E-state index contributed by atoms with van der Waals surface area (Å²) in [6, 6.07) is 2.29. The number of amidine groups is 1. The quantitative estimate of drug-likeness (QED) is 0.352. The highest BCUT2D eigenvalue weighted by atomic mass is 32.2. The highest BCUT2D eigenvalue weighted by molar-refractivity contribution is 7.85. The van der Waals surface area contributed by atoms with Crippen molar-refractivity contribution in [3.8, 4) is 0 Å². The fourth-order valence-corrected chi connectivity index (χ4v) is 1.60. The minimum Gasteiger partial charge on any atom is -0.742 e. The fraction of sp³-hybridized carbons (Fsp3) is 0. The molecule has 20 heavy (non-hydrogen) atoms. The van der Waals surface area contributed by atoms with Crippen LogP contribution in [0.25, 0.3) is 0 Å². The van der Waals surface area contributed by atoms with Crippen molar-refractivity contribution in [3.05, 3.63) is 42.2 Å². The van der Waals surface area contributed by atoms with Gasteiger partial charge in [0.15, 0.2) is 16.0 Å². The van der Waals surface area contributed by atoms with Gasteiger partial charge in [-0.2, -0.15) is 5.10 Å². The van der Waals surface area contributed by atoms with Crippen molar-refractivity contribution in [3.63, 3.8) is 0 Å².